The number of ether oxygens (including phenoxy) is 1. The van der Waals surface area contributed by atoms with Crippen molar-refractivity contribution in [1.82, 2.24) is 19.8 Å². The number of aromatic nitrogens is 2. The summed E-state index contributed by atoms with van der Waals surface area (Å²) in [6.07, 6.45) is 5.44. The van der Waals surface area contributed by atoms with Gasteiger partial charge in [-0.05, 0) is 38.0 Å². The summed E-state index contributed by atoms with van der Waals surface area (Å²) in [6.45, 7) is 2.49. The highest BCUT2D eigenvalue weighted by molar-refractivity contribution is 6.01. The molecule has 3 aromatic rings. The first kappa shape index (κ1) is 21.5. The molecule has 1 aromatic heterocycles. The number of benzene rings is 2. The van der Waals surface area contributed by atoms with Gasteiger partial charge in [-0.3, -0.25) is 9.59 Å². The van der Waals surface area contributed by atoms with Crippen LogP contribution >= 0.6 is 0 Å². The van der Waals surface area contributed by atoms with Gasteiger partial charge in [0.1, 0.15) is 11.3 Å². The molecule has 2 amide bonds. The van der Waals surface area contributed by atoms with E-state index in [1.807, 2.05) is 60.0 Å². The Morgan fingerprint density at radius 2 is 1.85 bits per heavy atom. The molecule has 1 N–H and O–H groups in total. The lowest BCUT2D eigenvalue weighted by Gasteiger charge is -2.44. The van der Waals surface area contributed by atoms with Crippen molar-refractivity contribution in [2.24, 2.45) is 0 Å². The van der Waals surface area contributed by atoms with Crippen LogP contribution in [0.4, 0.5) is 0 Å². The van der Waals surface area contributed by atoms with Crippen LogP contribution in [0.5, 0.6) is 5.75 Å². The molecule has 0 saturated heterocycles. The summed E-state index contributed by atoms with van der Waals surface area (Å²) in [6, 6.07) is 15.5. The summed E-state index contributed by atoms with van der Waals surface area (Å²) in [5.41, 5.74) is 1.42. The van der Waals surface area contributed by atoms with Crippen molar-refractivity contribution in [2.45, 2.75) is 63.7 Å². The predicted octanol–water partition coefficient (Wildman–Crippen LogP) is 3.91. The van der Waals surface area contributed by atoms with Crippen molar-refractivity contribution in [2.75, 3.05) is 7.11 Å². The molecule has 2 heterocycles. The topological polar surface area (TPSA) is 76.5 Å². The molecule has 1 saturated carbocycles. The predicted molar refractivity (Wildman–Crippen MR) is 126 cm³/mol. The zero-order chi connectivity index (χ0) is 23.0. The molecule has 0 radical (unpaired) electrons. The van der Waals surface area contributed by atoms with E-state index in [4.69, 9.17) is 4.74 Å². The van der Waals surface area contributed by atoms with Crippen LogP contribution in [0, 0.1) is 0 Å². The average Bonchev–Trinajstić information content (AvgIpc) is 3.21. The Kier molecular flexibility index (Phi) is 5.56. The first-order valence-corrected chi connectivity index (χ1v) is 11.7. The van der Waals surface area contributed by atoms with Crippen molar-refractivity contribution < 1.29 is 14.3 Å². The van der Waals surface area contributed by atoms with Gasteiger partial charge in [-0.15, -0.1) is 0 Å². The molecule has 0 unspecified atom stereocenters. The molecule has 172 valence electrons. The minimum atomic E-state index is -1.06. The van der Waals surface area contributed by atoms with Crippen LogP contribution in [0.3, 0.4) is 0 Å². The van der Waals surface area contributed by atoms with E-state index in [-0.39, 0.29) is 24.4 Å². The number of hydrogen-bond donors (Lipinski definition) is 1. The molecule has 2 aliphatic rings. The van der Waals surface area contributed by atoms with Crippen molar-refractivity contribution in [1.29, 1.82) is 0 Å². The van der Waals surface area contributed by atoms with Gasteiger partial charge >= 0.3 is 0 Å². The SMILES string of the molecule is COc1ccccc1CN1C(=O)c2nc3ccccc3n2C[C@@]1(C)C(=O)NC1CCCCC1. The summed E-state index contributed by atoms with van der Waals surface area (Å²) in [5, 5.41) is 3.27. The second-order valence-electron chi connectivity index (χ2n) is 9.30. The molecule has 1 aliphatic carbocycles. The normalized spacial score (nSPS) is 21.2. The van der Waals surface area contributed by atoms with E-state index in [2.05, 4.69) is 10.3 Å². The Labute approximate surface area is 193 Å². The fourth-order valence-electron chi connectivity index (χ4n) is 5.17. The van der Waals surface area contributed by atoms with E-state index in [9.17, 15) is 9.59 Å². The summed E-state index contributed by atoms with van der Waals surface area (Å²) in [5.74, 6) is 0.708. The Morgan fingerprint density at radius 1 is 1.12 bits per heavy atom. The molecule has 33 heavy (non-hydrogen) atoms. The van der Waals surface area contributed by atoms with Gasteiger partial charge < -0.3 is 19.5 Å². The highest BCUT2D eigenvalue weighted by Gasteiger charge is 2.49. The summed E-state index contributed by atoms with van der Waals surface area (Å²) >= 11 is 0. The van der Waals surface area contributed by atoms with Crippen molar-refractivity contribution in [3.63, 3.8) is 0 Å². The fraction of sp³-hybridized carbons (Fsp3) is 0.423. The highest BCUT2D eigenvalue weighted by Crippen LogP contribution is 2.33. The number of carbonyl (C=O) groups is 2. The lowest BCUT2D eigenvalue weighted by molar-refractivity contribution is -0.134. The second kappa shape index (κ2) is 8.54. The van der Waals surface area contributed by atoms with Crippen LogP contribution in [0.1, 0.15) is 55.2 Å². The molecular weight excluding hydrogens is 416 g/mol. The third kappa shape index (κ3) is 3.75. The van der Waals surface area contributed by atoms with Crippen LogP contribution in [0.15, 0.2) is 48.5 Å². The molecule has 0 bridgehead atoms. The number of imidazole rings is 1. The number of hydrogen-bond acceptors (Lipinski definition) is 4. The van der Waals surface area contributed by atoms with E-state index < -0.39 is 5.54 Å². The standard InChI is InChI=1S/C26H30N4O3/c1-26(25(32)27-19-11-4-3-5-12-19)17-29-21-14-8-7-13-20(21)28-23(29)24(31)30(26)16-18-10-6-9-15-22(18)33-2/h6-10,13-15,19H,3-5,11-12,16-17H2,1-2H3,(H,27,32)/t26-/m0/s1. The number of amides is 2. The third-order valence-corrected chi connectivity index (χ3v) is 7.10. The minimum absolute atomic E-state index is 0.110. The van der Waals surface area contributed by atoms with Gasteiger partial charge in [-0.1, -0.05) is 49.6 Å². The number of nitrogens with one attached hydrogen (secondary N) is 1. The molecule has 7 heteroatoms. The van der Waals surface area contributed by atoms with Gasteiger partial charge in [0.2, 0.25) is 5.91 Å². The van der Waals surface area contributed by atoms with Crippen LogP contribution in [-0.4, -0.2) is 45.0 Å². The Bertz CT molecular complexity index is 1200. The number of rotatable bonds is 5. The third-order valence-electron chi connectivity index (χ3n) is 7.10. The molecule has 0 spiro atoms. The van der Waals surface area contributed by atoms with Crippen LogP contribution in [-0.2, 0) is 17.9 Å². The van der Waals surface area contributed by atoms with Crippen LogP contribution < -0.4 is 10.1 Å². The molecule has 1 atom stereocenters. The van der Waals surface area contributed by atoms with Crippen molar-refractivity contribution in [3.05, 3.63) is 59.9 Å². The van der Waals surface area contributed by atoms with E-state index in [1.165, 1.54) is 6.42 Å². The maximum atomic E-state index is 13.8. The van der Waals surface area contributed by atoms with Gasteiger partial charge in [0.25, 0.3) is 5.91 Å². The number of para-hydroxylation sites is 3. The molecule has 2 aromatic carbocycles. The first-order valence-electron chi connectivity index (χ1n) is 11.7. The molecule has 1 fully saturated rings. The number of nitrogens with zero attached hydrogens (tertiary/aromatic N) is 3. The Hall–Kier alpha value is -3.35. The molecule has 1 aliphatic heterocycles. The van der Waals surface area contributed by atoms with Gasteiger partial charge in [0.05, 0.1) is 31.2 Å². The lowest BCUT2D eigenvalue weighted by atomic mass is 9.91. The maximum Gasteiger partial charge on any atom is 0.291 e. The number of fused-ring (bicyclic) bond motifs is 3. The Morgan fingerprint density at radius 3 is 2.64 bits per heavy atom. The monoisotopic (exact) mass is 446 g/mol. The van der Waals surface area contributed by atoms with Crippen molar-refractivity contribution in [3.8, 4) is 5.75 Å². The minimum Gasteiger partial charge on any atom is -0.496 e. The van der Waals surface area contributed by atoms with Crippen LogP contribution in [0.2, 0.25) is 0 Å². The van der Waals surface area contributed by atoms with E-state index in [0.717, 1.165) is 42.3 Å². The van der Waals surface area contributed by atoms with E-state index in [0.29, 0.717) is 18.1 Å². The first-order chi connectivity index (χ1) is 16.0. The second-order valence-corrected chi connectivity index (χ2v) is 9.30. The smallest absolute Gasteiger partial charge is 0.291 e. The molecule has 5 rings (SSSR count). The van der Waals surface area contributed by atoms with Crippen LogP contribution in [0.25, 0.3) is 11.0 Å². The fourth-order valence-corrected chi connectivity index (χ4v) is 5.17. The zero-order valence-electron chi connectivity index (χ0n) is 19.2. The van der Waals surface area contributed by atoms with Gasteiger partial charge in [0, 0.05) is 11.6 Å². The molecular formula is C26H30N4O3. The lowest BCUT2D eigenvalue weighted by Crippen LogP contribution is -2.64. The zero-order valence-corrected chi connectivity index (χ0v) is 19.2. The molecule has 7 nitrogen and oxygen atoms in total. The quantitative estimate of drug-likeness (QED) is 0.645. The number of methoxy groups -OCH3 is 1. The largest absolute Gasteiger partial charge is 0.496 e. The Balaban J connectivity index is 1.56. The van der Waals surface area contributed by atoms with E-state index >= 15 is 0 Å². The van der Waals surface area contributed by atoms with Gasteiger partial charge in [-0.2, -0.15) is 0 Å². The summed E-state index contributed by atoms with van der Waals surface area (Å²) in [4.78, 5) is 33.9. The summed E-state index contributed by atoms with van der Waals surface area (Å²) < 4.78 is 7.43. The maximum absolute atomic E-state index is 13.8. The van der Waals surface area contributed by atoms with Gasteiger partial charge in [-0.25, -0.2) is 4.98 Å². The number of carbonyl (C=O) groups excluding carboxylic acids is 2. The van der Waals surface area contributed by atoms with Crippen molar-refractivity contribution >= 4 is 22.8 Å². The average molecular weight is 447 g/mol. The van der Waals surface area contributed by atoms with E-state index in [1.54, 1.807) is 12.0 Å². The summed E-state index contributed by atoms with van der Waals surface area (Å²) in [7, 11) is 1.62. The van der Waals surface area contributed by atoms with Gasteiger partial charge in [0.15, 0.2) is 5.82 Å². The highest BCUT2D eigenvalue weighted by atomic mass is 16.5.